The van der Waals surface area contributed by atoms with Crippen molar-refractivity contribution in [3.05, 3.63) is 17.6 Å². The van der Waals surface area contributed by atoms with Crippen molar-refractivity contribution in [2.75, 3.05) is 11.4 Å². The Labute approximate surface area is 125 Å². The van der Waals surface area contributed by atoms with Crippen molar-refractivity contribution < 1.29 is 5.21 Å². The van der Waals surface area contributed by atoms with E-state index >= 15 is 0 Å². The highest BCUT2D eigenvalue weighted by Gasteiger charge is 2.32. The van der Waals surface area contributed by atoms with Gasteiger partial charge in [0.15, 0.2) is 0 Å². The average molecular weight is 289 g/mol. The maximum absolute atomic E-state index is 8.72. The molecule has 0 amide bonds. The maximum Gasteiger partial charge on any atom is 0.140 e. The number of hydrogen-bond donors (Lipinski definition) is 2. The lowest BCUT2D eigenvalue weighted by molar-refractivity contribution is 0.317. The smallest absolute Gasteiger partial charge is 0.140 e. The summed E-state index contributed by atoms with van der Waals surface area (Å²) < 4.78 is 0. The Bertz CT molecular complexity index is 527. The van der Waals surface area contributed by atoms with Crippen LogP contribution in [0.1, 0.15) is 49.8 Å². The van der Waals surface area contributed by atoms with E-state index in [0.29, 0.717) is 12.5 Å². The van der Waals surface area contributed by atoms with Crippen LogP contribution in [0.4, 0.5) is 5.82 Å². The monoisotopic (exact) mass is 289 g/mol. The molecule has 0 aliphatic heterocycles. The first-order valence-corrected chi connectivity index (χ1v) is 7.85. The predicted octanol–water partition coefficient (Wildman–Crippen LogP) is 1.85. The number of aryl methyl sites for hydroxylation is 1. The van der Waals surface area contributed by atoms with Crippen LogP contribution in [0.15, 0.2) is 11.5 Å². The summed E-state index contributed by atoms with van der Waals surface area (Å²) in [7, 11) is 0. The third kappa shape index (κ3) is 3.25. The van der Waals surface area contributed by atoms with E-state index in [9.17, 15) is 0 Å². The summed E-state index contributed by atoms with van der Waals surface area (Å²) in [4.78, 5) is 11.4. The molecule has 0 spiro atoms. The zero-order valence-electron chi connectivity index (χ0n) is 12.3. The number of rotatable bonds is 5. The molecule has 114 valence electrons. The number of aromatic nitrogens is 2. The molecule has 0 aromatic carbocycles. The van der Waals surface area contributed by atoms with Crippen molar-refractivity contribution >= 4 is 11.7 Å². The maximum atomic E-state index is 8.72. The van der Waals surface area contributed by atoms with Gasteiger partial charge in [0, 0.05) is 30.3 Å². The van der Waals surface area contributed by atoms with E-state index in [1.807, 2.05) is 0 Å². The van der Waals surface area contributed by atoms with Crippen LogP contribution in [0.5, 0.6) is 0 Å². The summed E-state index contributed by atoms with van der Waals surface area (Å²) in [5.41, 5.74) is 8.16. The minimum Gasteiger partial charge on any atom is -0.409 e. The Morgan fingerprint density at radius 1 is 1.29 bits per heavy atom. The van der Waals surface area contributed by atoms with Gasteiger partial charge in [0.2, 0.25) is 0 Å². The van der Waals surface area contributed by atoms with E-state index < -0.39 is 0 Å². The van der Waals surface area contributed by atoms with Crippen molar-refractivity contribution in [1.29, 1.82) is 0 Å². The van der Waals surface area contributed by atoms with Gasteiger partial charge < -0.3 is 15.8 Å². The topological polar surface area (TPSA) is 87.6 Å². The highest BCUT2D eigenvalue weighted by atomic mass is 16.4. The van der Waals surface area contributed by atoms with E-state index in [0.717, 1.165) is 25.2 Å². The Balaban J connectivity index is 1.85. The van der Waals surface area contributed by atoms with Crippen LogP contribution in [0, 0.1) is 0 Å². The number of nitrogens with zero attached hydrogens (tertiary/aromatic N) is 4. The highest BCUT2D eigenvalue weighted by molar-refractivity contribution is 5.80. The minimum absolute atomic E-state index is 0.279. The predicted molar refractivity (Wildman–Crippen MR) is 81.7 cm³/mol. The molecule has 1 heterocycles. The minimum atomic E-state index is 0.279. The Morgan fingerprint density at radius 2 is 2.10 bits per heavy atom. The standard InChI is InChI=1S/C15H23N5O/c16-14(19-21)8-9-20(11-6-7-11)15-12-4-2-1-3-5-13(12)17-10-18-15/h10-11,21H,1-9H2,(H2,16,19). The molecule has 3 N–H and O–H groups in total. The average Bonchev–Trinajstić information content (AvgIpc) is 3.33. The van der Waals surface area contributed by atoms with Gasteiger partial charge in [0.05, 0.1) is 0 Å². The largest absolute Gasteiger partial charge is 0.409 e. The molecule has 3 rings (SSSR count). The molecule has 0 bridgehead atoms. The second-order valence-electron chi connectivity index (χ2n) is 5.95. The quantitative estimate of drug-likeness (QED) is 0.284. The van der Waals surface area contributed by atoms with Crippen LogP contribution >= 0.6 is 0 Å². The molecule has 1 saturated carbocycles. The van der Waals surface area contributed by atoms with Crippen LogP contribution in [-0.4, -0.2) is 33.6 Å². The zero-order valence-corrected chi connectivity index (χ0v) is 12.3. The van der Waals surface area contributed by atoms with Gasteiger partial charge in [-0.25, -0.2) is 9.97 Å². The van der Waals surface area contributed by atoms with Crippen LogP contribution in [0.3, 0.4) is 0 Å². The number of amidine groups is 1. The molecule has 1 aromatic rings. The summed E-state index contributed by atoms with van der Waals surface area (Å²) in [5.74, 6) is 1.36. The van der Waals surface area contributed by atoms with Gasteiger partial charge in [-0.2, -0.15) is 0 Å². The number of anilines is 1. The first kappa shape index (κ1) is 14.1. The molecule has 0 atom stereocenters. The van der Waals surface area contributed by atoms with E-state index in [1.165, 1.54) is 43.4 Å². The number of hydrogen-bond acceptors (Lipinski definition) is 5. The van der Waals surface area contributed by atoms with E-state index in [2.05, 4.69) is 20.0 Å². The second-order valence-corrected chi connectivity index (χ2v) is 5.95. The number of nitrogens with two attached hydrogens (primary N) is 1. The van der Waals surface area contributed by atoms with Gasteiger partial charge in [-0.15, -0.1) is 0 Å². The van der Waals surface area contributed by atoms with Crippen molar-refractivity contribution in [2.45, 2.75) is 57.4 Å². The van der Waals surface area contributed by atoms with Crippen molar-refractivity contribution in [3.63, 3.8) is 0 Å². The van der Waals surface area contributed by atoms with E-state index in [-0.39, 0.29) is 5.84 Å². The number of oxime groups is 1. The fraction of sp³-hybridized carbons (Fsp3) is 0.667. The Morgan fingerprint density at radius 3 is 2.86 bits per heavy atom. The van der Waals surface area contributed by atoms with Crippen LogP contribution in [0.2, 0.25) is 0 Å². The van der Waals surface area contributed by atoms with Gasteiger partial charge in [-0.3, -0.25) is 0 Å². The van der Waals surface area contributed by atoms with E-state index in [1.54, 1.807) is 6.33 Å². The van der Waals surface area contributed by atoms with E-state index in [4.69, 9.17) is 10.9 Å². The molecular formula is C15H23N5O. The van der Waals surface area contributed by atoms with Gasteiger partial charge in [0.1, 0.15) is 18.0 Å². The van der Waals surface area contributed by atoms with Crippen LogP contribution < -0.4 is 10.6 Å². The molecule has 6 heteroatoms. The lowest BCUT2D eigenvalue weighted by Gasteiger charge is -2.26. The molecular weight excluding hydrogens is 266 g/mol. The molecule has 2 aliphatic carbocycles. The summed E-state index contributed by atoms with van der Waals surface area (Å²) in [6.07, 6.45) is 10.5. The van der Waals surface area contributed by atoms with Crippen molar-refractivity contribution in [3.8, 4) is 0 Å². The third-order valence-electron chi connectivity index (χ3n) is 4.35. The Hall–Kier alpha value is -1.85. The van der Waals surface area contributed by atoms with Crippen molar-refractivity contribution in [1.82, 2.24) is 9.97 Å². The third-order valence-corrected chi connectivity index (χ3v) is 4.35. The lowest BCUT2D eigenvalue weighted by Crippen LogP contribution is -2.32. The van der Waals surface area contributed by atoms with Crippen LogP contribution in [-0.2, 0) is 12.8 Å². The van der Waals surface area contributed by atoms with Gasteiger partial charge >= 0.3 is 0 Å². The first-order chi connectivity index (χ1) is 10.3. The molecule has 1 aromatic heterocycles. The summed E-state index contributed by atoms with van der Waals surface area (Å²) in [5, 5.41) is 11.8. The fourth-order valence-electron chi connectivity index (χ4n) is 3.06. The molecule has 0 unspecified atom stereocenters. The number of fused-ring (bicyclic) bond motifs is 1. The first-order valence-electron chi connectivity index (χ1n) is 7.85. The van der Waals surface area contributed by atoms with Crippen molar-refractivity contribution in [2.24, 2.45) is 10.9 Å². The second kappa shape index (κ2) is 6.28. The summed E-state index contributed by atoms with van der Waals surface area (Å²) in [6.45, 7) is 0.754. The summed E-state index contributed by atoms with van der Waals surface area (Å²) >= 11 is 0. The normalized spacial score (nSPS) is 19.0. The molecule has 0 radical (unpaired) electrons. The molecule has 6 nitrogen and oxygen atoms in total. The molecule has 2 aliphatic rings. The molecule has 1 fully saturated rings. The highest BCUT2D eigenvalue weighted by Crippen LogP contribution is 2.34. The van der Waals surface area contributed by atoms with Gasteiger partial charge in [-0.05, 0) is 38.5 Å². The zero-order chi connectivity index (χ0) is 14.7. The molecule has 0 saturated heterocycles. The van der Waals surface area contributed by atoms with Crippen LogP contribution in [0.25, 0.3) is 0 Å². The summed E-state index contributed by atoms with van der Waals surface area (Å²) in [6, 6.07) is 0.554. The fourth-order valence-corrected chi connectivity index (χ4v) is 3.06. The molecule has 21 heavy (non-hydrogen) atoms. The SMILES string of the molecule is NC(CCN(c1ncnc2c1CCCCC2)C1CC1)=NO. The van der Waals surface area contributed by atoms with Gasteiger partial charge in [0.25, 0.3) is 0 Å². The Kier molecular flexibility index (Phi) is 4.22. The lowest BCUT2D eigenvalue weighted by atomic mass is 10.1. The van der Waals surface area contributed by atoms with Gasteiger partial charge in [-0.1, -0.05) is 11.6 Å².